The molecule has 0 aromatic carbocycles. The third-order valence-corrected chi connectivity index (χ3v) is 4.59. The number of rotatable bonds is 4. The average Bonchev–Trinajstić information content (AvgIpc) is 3.11. The van der Waals surface area contributed by atoms with E-state index in [1.54, 1.807) is 18.6 Å². The molecule has 1 atom stereocenters. The van der Waals surface area contributed by atoms with Gasteiger partial charge in [0, 0.05) is 39.1 Å². The maximum Gasteiger partial charge on any atom is 0.226 e. The van der Waals surface area contributed by atoms with Crippen molar-refractivity contribution in [1.82, 2.24) is 30.2 Å². The van der Waals surface area contributed by atoms with Crippen LogP contribution in [0.3, 0.4) is 0 Å². The number of aromatic nitrogens is 5. The summed E-state index contributed by atoms with van der Waals surface area (Å²) in [7, 11) is 3.82. The minimum atomic E-state index is 0.293. The van der Waals surface area contributed by atoms with Crippen molar-refractivity contribution in [2.75, 3.05) is 37.4 Å². The molecule has 138 valence electrons. The van der Waals surface area contributed by atoms with Crippen molar-refractivity contribution in [2.45, 2.75) is 18.9 Å². The number of nitrogens with zero attached hydrogens (tertiary/aromatic N) is 6. The second kappa shape index (κ2) is 7.17. The molecular weight excluding hydrogens is 342 g/mol. The Morgan fingerprint density at radius 3 is 2.89 bits per heavy atom. The number of hydrogen-bond acceptors (Lipinski definition) is 8. The zero-order valence-electron chi connectivity index (χ0n) is 15.3. The van der Waals surface area contributed by atoms with E-state index in [0.29, 0.717) is 34.4 Å². The molecule has 0 bridgehead atoms. The first-order chi connectivity index (χ1) is 13.2. The van der Waals surface area contributed by atoms with Crippen LogP contribution in [0.5, 0.6) is 0 Å². The molecule has 0 saturated carbocycles. The Morgan fingerprint density at radius 1 is 1.26 bits per heavy atom. The van der Waals surface area contributed by atoms with Crippen molar-refractivity contribution in [3.63, 3.8) is 0 Å². The van der Waals surface area contributed by atoms with Crippen LogP contribution in [0.4, 0.5) is 11.8 Å². The van der Waals surface area contributed by atoms with Gasteiger partial charge in [0.05, 0.1) is 23.0 Å². The van der Waals surface area contributed by atoms with Gasteiger partial charge in [0.1, 0.15) is 17.4 Å². The Labute approximate surface area is 156 Å². The Balaban J connectivity index is 1.77. The van der Waals surface area contributed by atoms with Crippen molar-refractivity contribution in [1.29, 1.82) is 5.26 Å². The predicted octanol–water partition coefficient (Wildman–Crippen LogP) is 1.52. The normalized spacial score (nSPS) is 16.9. The molecule has 27 heavy (non-hydrogen) atoms. The molecule has 9 nitrogen and oxygen atoms in total. The fourth-order valence-corrected chi connectivity index (χ4v) is 3.16. The van der Waals surface area contributed by atoms with Crippen LogP contribution in [0.15, 0.2) is 18.6 Å². The minimum Gasteiger partial charge on any atom is -0.365 e. The molecule has 4 rings (SSSR count). The molecule has 1 saturated heterocycles. The Hall–Kier alpha value is -3.25. The molecule has 0 radical (unpaired) electrons. The van der Waals surface area contributed by atoms with Crippen LogP contribution >= 0.6 is 0 Å². The lowest BCUT2D eigenvalue weighted by Gasteiger charge is -2.25. The van der Waals surface area contributed by atoms with E-state index in [-0.39, 0.29) is 0 Å². The molecule has 1 aliphatic rings. The minimum absolute atomic E-state index is 0.293. The monoisotopic (exact) mass is 363 g/mol. The molecule has 0 amide bonds. The quantitative estimate of drug-likeness (QED) is 0.638. The van der Waals surface area contributed by atoms with Crippen LogP contribution in [0.25, 0.3) is 22.4 Å². The van der Waals surface area contributed by atoms with Gasteiger partial charge in [0.25, 0.3) is 0 Å². The van der Waals surface area contributed by atoms with E-state index < -0.39 is 0 Å². The fourth-order valence-electron chi connectivity index (χ4n) is 3.16. The first-order valence-electron chi connectivity index (χ1n) is 8.92. The highest BCUT2D eigenvalue weighted by molar-refractivity contribution is 5.82. The SMILES string of the molecule is CN(C)c1ncc(-c2cnc3[nH]cc(C#N)c3n2)c(N[C@H]2CCCNC2)n1. The number of anilines is 2. The summed E-state index contributed by atoms with van der Waals surface area (Å²) in [6.07, 6.45) is 7.26. The molecule has 3 aromatic heterocycles. The van der Waals surface area contributed by atoms with Crippen LogP contribution in [0.2, 0.25) is 0 Å². The number of piperidine rings is 1. The first-order valence-corrected chi connectivity index (χ1v) is 8.92. The molecule has 1 fully saturated rings. The van der Waals surface area contributed by atoms with Crippen molar-refractivity contribution in [2.24, 2.45) is 0 Å². The van der Waals surface area contributed by atoms with E-state index in [2.05, 4.69) is 41.6 Å². The van der Waals surface area contributed by atoms with Gasteiger partial charge in [0.2, 0.25) is 5.95 Å². The number of aromatic amines is 1. The van der Waals surface area contributed by atoms with E-state index in [4.69, 9.17) is 0 Å². The van der Waals surface area contributed by atoms with Gasteiger partial charge < -0.3 is 20.5 Å². The number of nitriles is 1. The standard InChI is InChI=1S/C18H21N9/c1-27(2)18-23-9-13(16(26-18)24-12-4-3-5-20-8-12)14-10-22-17-15(25-14)11(6-19)7-21-17/h7,9-10,12,20H,3-5,8H2,1-2H3,(H,21,22)(H,23,24,26)/t12-/m0/s1. The summed E-state index contributed by atoms with van der Waals surface area (Å²) >= 11 is 0. The number of hydrogen-bond donors (Lipinski definition) is 3. The first kappa shape index (κ1) is 17.2. The van der Waals surface area contributed by atoms with Crippen LogP contribution in [0, 0.1) is 11.3 Å². The number of H-pyrrole nitrogens is 1. The van der Waals surface area contributed by atoms with Crippen LogP contribution in [0.1, 0.15) is 18.4 Å². The van der Waals surface area contributed by atoms with E-state index in [9.17, 15) is 5.26 Å². The van der Waals surface area contributed by atoms with Crippen molar-refractivity contribution < 1.29 is 0 Å². The molecular formula is C18H21N9. The molecule has 9 heteroatoms. The molecule has 0 aliphatic carbocycles. The lowest BCUT2D eigenvalue weighted by molar-refractivity contribution is 0.479. The Morgan fingerprint density at radius 2 is 2.15 bits per heavy atom. The van der Waals surface area contributed by atoms with E-state index in [0.717, 1.165) is 37.3 Å². The van der Waals surface area contributed by atoms with Crippen molar-refractivity contribution in [3.05, 3.63) is 24.2 Å². The summed E-state index contributed by atoms with van der Waals surface area (Å²) in [4.78, 5) is 23.0. The third kappa shape index (κ3) is 3.39. The summed E-state index contributed by atoms with van der Waals surface area (Å²) in [6.45, 7) is 1.94. The van der Waals surface area contributed by atoms with Crippen molar-refractivity contribution >= 4 is 22.9 Å². The van der Waals surface area contributed by atoms with E-state index in [1.165, 1.54) is 0 Å². The fraction of sp³-hybridized carbons (Fsp3) is 0.389. The largest absolute Gasteiger partial charge is 0.365 e. The van der Waals surface area contributed by atoms with Gasteiger partial charge in [-0.1, -0.05) is 0 Å². The predicted molar refractivity (Wildman–Crippen MR) is 103 cm³/mol. The maximum atomic E-state index is 9.27. The maximum absolute atomic E-state index is 9.27. The molecule has 3 N–H and O–H groups in total. The van der Waals surface area contributed by atoms with E-state index in [1.807, 2.05) is 19.0 Å². The van der Waals surface area contributed by atoms with Gasteiger partial charge in [-0.2, -0.15) is 10.2 Å². The van der Waals surface area contributed by atoms with Crippen LogP contribution in [-0.2, 0) is 0 Å². The average molecular weight is 363 g/mol. The molecule has 4 heterocycles. The lowest BCUT2D eigenvalue weighted by Crippen LogP contribution is -2.38. The highest BCUT2D eigenvalue weighted by Gasteiger charge is 2.19. The zero-order chi connectivity index (χ0) is 18.8. The second-order valence-corrected chi connectivity index (χ2v) is 6.78. The zero-order valence-corrected chi connectivity index (χ0v) is 15.3. The summed E-state index contributed by atoms with van der Waals surface area (Å²) < 4.78 is 0. The molecule has 3 aromatic rings. The van der Waals surface area contributed by atoms with Crippen molar-refractivity contribution in [3.8, 4) is 17.3 Å². The highest BCUT2D eigenvalue weighted by atomic mass is 15.2. The van der Waals surface area contributed by atoms with Gasteiger partial charge in [-0.05, 0) is 19.4 Å². The Kier molecular flexibility index (Phi) is 4.56. The summed E-state index contributed by atoms with van der Waals surface area (Å²) in [6, 6.07) is 2.43. The van der Waals surface area contributed by atoms with Crippen LogP contribution < -0.4 is 15.5 Å². The molecule has 0 unspecified atom stereocenters. The highest BCUT2D eigenvalue weighted by Crippen LogP contribution is 2.28. The van der Waals surface area contributed by atoms with Gasteiger partial charge in [-0.25, -0.2) is 15.0 Å². The van der Waals surface area contributed by atoms with E-state index >= 15 is 0 Å². The Bertz CT molecular complexity index is 996. The van der Waals surface area contributed by atoms with Gasteiger partial charge in [0.15, 0.2) is 5.65 Å². The number of fused-ring (bicyclic) bond motifs is 1. The summed E-state index contributed by atoms with van der Waals surface area (Å²) in [5.41, 5.74) is 3.01. The smallest absolute Gasteiger partial charge is 0.226 e. The molecule has 0 spiro atoms. The third-order valence-electron chi connectivity index (χ3n) is 4.59. The lowest BCUT2D eigenvalue weighted by atomic mass is 10.1. The number of nitrogens with one attached hydrogen (secondary N) is 3. The van der Waals surface area contributed by atoms with Gasteiger partial charge in [-0.3, -0.25) is 0 Å². The second-order valence-electron chi connectivity index (χ2n) is 6.78. The summed E-state index contributed by atoms with van der Waals surface area (Å²) in [5.74, 6) is 1.35. The molecule has 1 aliphatic heterocycles. The van der Waals surface area contributed by atoms with Crippen LogP contribution in [-0.4, -0.2) is 58.1 Å². The van der Waals surface area contributed by atoms with Gasteiger partial charge >= 0.3 is 0 Å². The van der Waals surface area contributed by atoms with Gasteiger partial charge in [-0.15, -0.1) is 0 Å². The summed E-state index contributed by atoms with van der Waals surface area (Å²) in [5, 5.41) is 16.2. The topological polar surface area (TPSA) is 118 Å².